The molecule has 7 nitrogen and oxygen atoms in total. The fraction of sp³-hybridized carbons (Fsp3) is 0.806. The summed E-state index contributed by atoms with van der Waals surface area (Å²) in [6.07, 6.45) is 9.39. The molecule has 4 aliphatic rings. The van der Waals surface area contributed by atoms with Crippen LogP contribution in [0, 0.1) is 52.3 Å². The molecule has 0 saturated heterocycles. The lowest BCUT2D eigenvalue weighted by Crippen LogP contribution is -2.62. The van der Waals surface area contributed by atoms with Crippen LogP contribution in [0.5, 0.6) is 11.5 Å². The number of nitrogens with one attached hydrogen (secondary N) is 1. The van der Waals surface area contributed by atoms with Gasteiger partial charge in [-0.25, -0.2) is 4.79 Å². The molecule has 4 aliphatic carbocycles. The molecule has 0 aliphatic heterocycles. The highest BCUT2D eigenvalue weighted by Gasteiger charge is 2.64. The second-order valence-corrected chi connectivity index (χ2v) is 14.9. The Balaban J connectivity index is 1.14. The Kier molecular flexibility index (Phi) is 9.92. The zero-order valence-corrected chi connectivity index (χ0v) is 27.4. The van der Waals surface area contributed by atoms with Crippen molar-refractivity contribution in [1.29, 1.82) is 0 Å². The Morgan fingerprint density at radius 3 is 2.44 bits per heavy atom. The Morgan fingerprint density at radius 1 is 1.00 bits per heavy atom. The lowest BCUT2D eigenvalue weighted by molar-refractivity contribution is -0.203. The first-order valence-corrected chi connectivity index (χ1v) is 17.0. The predicted molar refractivity (Wildman–Crippen MR) is 168 cm³/mol. The molecule has 4 fully saturated rings. The molecular weight excluding hydrogens is 542 g/mol. The van der Waals surface area contributed by atoms with Crippen molar-refractivity contribution < 1.29 is 29.2 Å². The van der Waals surface area contributed by atoms with Gasteiger partial charge in [0.25, 0.3) is 0 Å². The van der Waals surface area contributed by atoms with Crippen molar-refractivity contribution >= 4 is 6.09 Å². The number of carbonyl (C=O) groups excluding carboxylic acids is 1. The van der Waals surface area contributed by atoms with Crippen LogP contribution in [0.4, 0.5) is 4.79 Å². The van der Waals surface area contributed by atoms with Crippen molar-refractivity contribution in [3.63, 3.8) is 0 Å². The molecule has 11 atom stereocenters. The van der Waals surface area contributed by atoms with Crippen LogP contribution in [0.2, 0.25) is 0 Å². The van der Waals surface area contributed by atoms with E-state index < -0.39 is 0 Å². The summed E-state index contributed by atoms with van der Waals surface area (Å²) in [4.78, 5) is 12.4. The van der Waals surface area contributed by atoms with Gasteiger partial charge in [-0.1, -0.05) is 40.2 Å². The minimum absolute atomic E-state index is 0.205. The van der Waals surface area contributed by atoms with Gasteiger partial charge in [0.2, 0.25) is 0 Å². The largest absolute Gasteiger partial charge is 0.493 e. The number of hydrogen-bond acceptors (Lipinski definition) is 6. The van der Waals surface area contributed by atoms with Crippen molar-refractivity contribution in [3.05, 3.63) is 23.8 Å². The quantitative estimate of drug-likeness (QED) is 0.280. The van der Waals surface area contributed by atoms with E-state index in [0.29, 0.717) is 72.5 Å². The first kappa shape index (κ1) is 32.4. The molecule has 0 spiro atoms. The van der Waals surface area contributed by atoms with Crippen molar-refractivity contribution in [1.82, 2.24) is 5.32 Å². The summed E-state index contributed by atoms with van der Waals surface area (Å²) in [5.74, 6) is 4.61. The van der Waals surface area contributed by atoms with Crippen LogP contribution in [-0.2, 0) is 11.2 Å². The first-order valence-electron chi connectivity index (χ1n) is 17.0. The van der Waals surface area contributed by atoms with Crippen LogP contribution in [-0.4, -0.2) is 55.9 Å². The average molecular weight is 600 g/mol. The fourth-order valence-electron chi connectivity index (χ4n) is 10.9. The molecule has 1 amide bonds. The number of carbonyl (C=O) groups is 1. The summed E-state index contributed by atoms with van der Waals surface area (Å²) in [7, 11) is 3.24. The molecule has 1 aromatic rings. The highest BCUT2D eigenvalue weighted by atomic mass is 16.5. The Bertz CT molecular complexity index is 1110. The second kappa shape index (κ2) is 13.2. The summed E-state index contributed by atoms with van der Waals surface area (Å²) in [6, 6.07) is 5.79. The Morgan fingerprint density at radius 2 is 1.72 bits per heavy atom. The van der Waals surface area contributed by atoms with Crippen LogP contribution in [0.25, 0.3) is 0 Å². The number of amides is 1. The van der Waals surface area contributed by atoms with Crippen molar-refractivity contribution in [2.45, 2.75) is 104 Å². The number of alkyl carbamates (subject to hydrolysis) is 1. The molecular formula is C36H57NO6. The topological polar surface area (TPSA) is 97.3 Å². The standard InChI is InChI=1S/C36H57NO6/c1-7-25-29-21-24(38)12-16-36(29,4)28-13-17-35(3)26(9-10-27(35)32(28)33(25)39)22(2)15-19-43-34(40)37-18-14-23-8-11-30(41-5)31(20-23)42-6/h8,11,20,22,24-29,32-33,38-39H,7,9-10,12-19,21H2,1-6H3,(H,37,40)/t22-,24-,25-,26-,27+,28?,29+,32+,33-,35-,36-/m1/s1. The monoisotopic (exact) mass is 599 g/mol. The van der Waals surface area contributed by atoms with Gasteiger partial charge in [0.1, 0.15) is 0 Å². The molecule has 0 heterocycles. The zero-order valence-electron chi connectivity index (χ0n) is 27.4. The highest BCUT2D eigenvalue weighted by molar-refractivity contribution is 5.67. The number of rotatable bonds is 10. The maximum absolute atomic E-state index is 12.4. The Hall–Kier alpha value is -1.99. The average Bonchev–Trinajstić information content (AvgIpc) is 3.35. The third-order valence-electron chi connectivity index (χ3n) is 13.1. The number of aliphatic hydroxyl groups excluding tert-OH is 2. The normalized spacial score (nSPS) is 39.2. The molecule has 5 rings (SSSR count). The van der Waals surface area contributed by atoms with E-state index in [1.165, 1.54) is 25.7 Å². The van der Waals surface area contributed by atoms with Gasteiger partial charge in [0, 0.05) is 6.54 Å². The van der Waals surface area contributed by atoms with Crippen LogP contribution >= 0.6 is 0 Å². The lowest BCUT2D eigenvalue weighted by atomic mass is 9.41. The van der Waals surface area contributed by atoms with E-state index in [2.05, 4.69) is 33.0 Å². The van der Waals surface area contributed by atoms with Gasteiger partial charge in [-0.05, 0) is 128 Å². The van der Waals surface area contributed by atoms with E-state index >= 15 is 0 Å². The van der Waals surface area contributed by atoms with Gasteiger partial charge < -0.3 is 29.7 Å². The predicted octanol–water partition coefficient (Wildman–Crippen LogP) is 6.63. The van der Waals surface area contributed by atoms with Gasteiger partial charge in [-0.3, -0.25) is 0 Å². The molecule has 3 N–H and O–H groups in total. The fourth-order valence-corrected chi connectivity index (χ4v) is 10.9. The number of fused-ring (bicyclic) bond motifs is 5. The maximum atomic E-state index is 12.4. The van der Waals surface area contributed by atoms with Crippen molar-refractivity contribution in [2.75, 3.05) is 27.4 Å². The molecule has 1 aromatic carbocycles. The summed E-state index contributed by atoms with van der Waals surface area (Å²) in [5, 5.41) is 25.4. The molecule has 0 aromatic heterocycles. The third kappa shape index (κ3) is 6.02. The minimum Gasteiger partial charge on any atom is -0.493 e. The van der Waals surface area contributed by atoms with Crippen LogP contribution < -0.4 is 14.8 Å². The van der Waals surface area contributed by atoms with Crippen molar-refractivity contribution in [3.8, 4) is 11.5 Å². The van der Waals surface area contributed by atoms with Gasteiger partial charge in [0.05, 0.1) is 33.0 Å². The molecule has 43 heavy (non-hydrogen) atoms. The molecule has 0 bridgehead atoms. The lowest BCUT2D eigenvalue weighted by Gasteiger charge is -2.64. The molecule has 1 unspecified atom stereocenters. The van der Waals surface area contributed by atoms with Gasteiger partial charge >= 0.3 is 6.09 Å². The van der Waals surface area contributed by atoms with E-state index in [-0.39, 0.29) is 29.1 Å². The van der Waals surface area contributed by atoms with E-state index in [0.717, 1.165) is 37.7 Å². The number of methoxy groups -OCH3 is 2. The van der Waals surface area contributed by atoms with E-state index in [1.54, 1.807) is 14.2 Å². The smallest absolute Gasteiger partial charge is 0.407 e. The van der Waals surface area contributed by atoms with Crippen LogP contribution in [0.1, 0.15) is 91.0 Å². The third-order valence-corrected chi connectivity index (χ3v) is 13.1. The van der Waals surface area contributed by atoms with Crippen LogP contribution in [0.15, 0.2) is 18.2 Å². The Labute approximate surface area is 259 Å². The maximum Gasteiger partial charge on any atom is 0.407 e. The minimum atomic E-state index is -0.361. The van der Waals surface area contributed by atoms with Gasteiger partial charge in [-0.2, -0.15) is 0 Å². The summed E-state index contributed by atoms with van der Waals surface area (Å²) < 4.78 is 16.3. The van der Waals surface area contributed by atoms with Gasteiger partial charge in [-0.15, -0.1) is 0 Å². The first-order chi connectivity index (χ1) is 20.6. The second-order valence-electron chi connectivity index (χ2n) is 14.9. The number of benzene rings is 1. The number of aliphatic hydroxyl groups is 2. The van der Waals surface area contributed by atoms with Crippen molar-refractivity contribution in [2.24, 2.45) is 52.3 Å². The van der Waals surface area contributed by atoms with Gasteiger partial charge in [0.15, 0.2) is 11.5 Å². The summed E-state index contributed by atoms with van der Waals surface area (Å²) >= 11 is 0. The molecule has 4 saturated carbocycles. The number of ether oxygens (including phenoxy) is 3. The summed E-state index contributed by atoms with van der Waals surface area (Å²) in [6.45, 7) is 10.5. The number of hydrogen-bond donors (Lipinski definition) is 3. The van der Waals surface area contributed by atoms with Crippen LogP contribution in [0.3, 0.4) is 0 Å². The molecule has 242 valence electrons. The summed E-state index contributed by atoms with van der Waals surface area (Å²) in [5.41, 5.74) is 1.51. The zero-order chi connectivity index (χ0) is 30.9. The molecule has 7 heteroatoms. The highest BCUT2D eigenvalue weighted by Crippen LogP contribution is 2.69. The molecule has 0 radical (unpaired) electrons. The van der Waals surface area contributed by atoms with E-state index in [9.17, 15) is 15.0 Å². The van der Waals surface area contributed by atoms with E-state index in [4.69, 9.17) is 14.2 Å². The van der Waals surface area contributed by atoms with E-state index in [1.807, 2.05) is 18.2 Å². The SMILES string of the molecule is CC[C@H]1[C@@H](O)[C@@H]2C(CC[C@]3(C)[C@@H]([C@H](C)CCOC(=O)NCCc4ccc(OC)c(OC)c4)CC[C@@H]23)[C@@]2(C)CC[C@@H](O)C[C@@H]12.